The molecule has 0 aliphatic heterocycles. The molecule has 1 unspecified atom stereocenters. The lowest BCUT2D eigenvalue weighted by Gasteiger charge is -2.13. The van der Waals surface area contributed by atoms with Crippen molar-refractivity contribution in [3.63, 3.8) is 0 Å². The summed E-state index contributed by atoms with van der Waals surface area (Å²) in [6.45, 7) is 1.62. The Morgan fingerprint density at radius 3 is 2.39 bits per heavy atom. The van der Waals surface area contributed by atoms with Crippen molar-refractivity contribution in [2.24, 2.45) is 0 Å². The Balaban J connectivity index is 2.47. The molecular formula is C13H12ClNO2S. The van der Waals surface area contributed by atoms with E-state index in [1.165, 1.54) is 12.3 Å². The molecule has 94 valence electrons. The van der Waals surface area contributed by atoms with Gasteiger partial charge in [-0.15, -0.1) is 0 Å². The molecule has 3 nitrogen and oxygen atoms in total. The maximum atomic E-state index is 12.4. The second kappa shape index (κ2) is 5.08. The second-order valence-electron chi connectivity index (χ2n) is 3.88. The number of aromatic nitrogens is 1. The highest BCUT2D eigenvalue weighted by atomic mass is 35.5. The van der Waals surface area contributed by atoms with Gasteiger partial charge in [-0.3, -0.25) is 0 Å². The largest absolute Gasteiger partial charge is 0.245 e. The van der Waals surface area contributed by atoms with Gasteiger partial charge in [0, 0.05) is 11.2 Å². The van der Waals surface area contributed by atoms with Gasteiger partial charge in [0.1, 0.15) is 0 Å². The van der Waals surface area contributed by atoms with Gasteiger partial charge >= 0.3 is 0 Å². The van der Waals surface area contributed by atoms with Gasteiger partial charge in [0.25, 0.3) is 0 Å². The van der Waals surface area contributed by atoms with Crippen LogP contribution in [-0.2, 0) is 9.84 Å². The smallest absolute Gasteiger partial charge is 0.202 e. The van der Waals surface area contributed by atoms with E-state index in [4.69, 9.17) is 11.6 Å². The highest BCUT2D eigenvalue weighted by Gasteiger charge is 2.27. The topological polar surface area (TPSA) is 47.0 Å². The number of hydrogen-bond donors (Lipinski definition) is 0. The summed E-state index contributed by atoms with van der Waals surface area (Å²) in [5, 5.41) is -0.206. The first-order valence-corrected chi connectivity index (χ1v) is 7.35. The van der Waals surface area contributed by atoms with Gasteiger partial charge in [0.2, 0.25) is 9.84 Å². The van der Waals surface area contributed by atoms with Crippen LogP contribution < -0.4 is 0 Å². The number of halogens is 1. The standard InChI is InChI=1S/C13H12ClNO2S/c1-10(11-6-2-3-7-12(11)14)18(16,17)13-8-4-5-9-15-13/h2-10H,1H3. The summed E-state index contributed by atoms with van der Waals surface area (Å²) in [6.07, 6.45) is 1.46. The molecule has 0 bridgehead atoms. The van der Waals surface area contributed by atoms with Gasteiger partial charge in [0.15, 0.2) is 5.03 Å². The predicted octanol–water partition coefficient (Wildman–Crippen LogP) is 3.27. The Hall–Kier alpha value is -1.39. The molecule has 0 saturated carbocycles. The molecule has 1 heterocycles. The Labute approximate surface area is 111 Å². The van der Waals surface area contributed by atoms with E-state index in [0.717, 1.165) is 0 Å². The Morgan fingerprint density at radius 1 is 1.11 bits per heavy atom. The summed E-state index contributed by atoms with van der Waals surface area (Å²) < 4.78 is 24.7. The van der Waals surface area contributed by atoms with Crippen molar-refractivity contribution >= 4 is 21.4 Å². The van der Waals surface area contributed by atoms with Crippen LogP contribution in [0.3, 0.4) is 0 Å². The van der Waals surface area contributed by atoms with Crippen molar-refractivity contribution in [1.82, 2.24) is 4.98 Å². The Bertz CT molecular complexity index is 641. The molecule has 2 rings (SSSR count). The zero-order valence-electron chi connectivity index (χ0n) is 9.75. The lowest BCUT2D eigenvalue weighted by atomic mass is 10.2. The molecular weight excluding hydrogens is 270 g/mol. The van der Waals surface area contributed by atoms with Crippen molar-refractivity contribution < 1.29 is 8.42 Å². The zero-order chi connectivity index (χ0) is 13.2. The highest BCUT2D eigenvalue weighted by Crippen LogP contribution is 2.31. The van der Waals surface area contributed by atoms with E-state index in [2.05, 4.69) is 4.98 Å². The molecule has 0 radical (unpaired) electrons. The van der Waals surface area contributed by atoms with E-state index in [-0.39, 0.29) is 5.03 Å². The third-order valence-electron chi connectivity index (χ3n) is 2.74. The third-order valence-corrected chi connectivity index (χ3v) is 5.09. The van der Waals surface area contributed by atoms with E-state index in [1.807, 2.05) is 0 Å². The monoisotopic (exact) mass is 281 g/mol. The maximum Gasteiger partial charge on any atom is 0.202 e. The van der Waals surface area contributed by atoms with Crippen LogP contribution in [0.5, 0.6) is 0 Å². The number of pyridine rings is 1. The minimum Gasteiger partial charge on any atom is -0.245 e. The SMILES string of the molecule is CC(c1ccccc1Cl)S(=O)(=O)c1ccccn1. The lowest BCUT2D eigenvalue weighted by molar-refractivity contribution is 0.582. The molecule has 2 aromatic rings. The first-order valence-electron chi connectivity index (χ1n) is 5.43. The van der Waals surface area contributed by atoms with Crippen LogP contribution in [0.2, 0.25) is 5.02 Å². The van der Waals surface area contributed by atoms with Crippen molar-refractivity contribution in [1.29, 1.82) is 0 Å². The number of sulfone groups is 1. The maximum absolute atomic E-state index is 12.4. The normalized spacial score (nSPS) is 13.2. The van der Waals surface area contributed by atoms with Crippen LogP contribution in [0.15, 0.2) is 53.7 Å². The molecule has 0 amide bonds. The van der Waals surface area contributed by atoms with Gasteiger partial charge in [-0.25, -0.2) is 13.4 Å². The summed E-state index contributed by atoms with van der Waals surface area (Å²) in [4.78, 5) is 3.90. The lowest BCUT2D eigenvalue weighted by Crippen LogP contribution is -2.12. The van der Waals surface area contributed by atoms with Crippen molar-refractivity contribution in [3.8, 4) is 0 Å². The second-order valence-corrected chi connectivity index (χ2v) is 6.50. The molecule has 5 heteroatoms. The summed E-state index contributed by atoms with van der Waals surface area (Å²) >= 11 is 6.03. The van der Waals surface area contributed by atoms with E-state index in [9.17, 15) is 8.42 Å². The van der Waals surface area contributed by atoms with E-state index >= 15 is 0 Å². The van der Waals surface area contributed by atoms with Crippen LogP contribution in [0.25, 0.3) is 0 Å². The number of nitrogens with zero attached hydrogens (tertiary/aromatic N) is 1. The molecule has 18 heavy (non-hydrogen) atoms. The molecule has 0 saturated heterocycles. The minimum atomic E-state index is -3.51. The fraction of sp³-hybridized carbons (Fsp3) is 0.154. The summed E-state index contributed by atoms with van der Waals surface area (Å²) in [6, 6.07) is 11.8. The third kappa shape index (κ3) is 2.40. The van der Waals surface area contributed by atoms with E-state index in [0.29, 0.717) is 10.6 Å². The molecule has 0 N–H and O–H groups in total. The first-order chi connectivity index (χ1) is 8.53. The molecule has 1 atom stereocenters. The van der Waals surface area contributed by atoms with Crippen molar-refractivity contribution in [3.05, 3.63) is 59.2 Å². The van der Waals surface area contributed by atoms with Crippen LogP contribution in [-0.4, -0.2) is 13.4 Å². The van der Waals surface area contributed by atoms with Crippen LogP contribution in [0.1, 0.15) is 17.7 Å². The highest BCUT2D eigenvalue weighted by molar-refractivity contribution is 7.91. The van der Waals surface area contributed by atoms with Gasteiger partial charge in [-0.1, -0.05) is 35.9 Å². The van der Waals surface area contributed by atoms with Crippen LogP contribution in [0.4, 0.5) is 0 Å². The summed E-state index contributed by atoms with van der Waals surface area (Å²) in [5.74, 6) is 0. The summed E-state index contributed by atoms with van der Waals surface area (Å²) in [5.41, 5.74) is 0.588. The zero-order valence-corrected chi connectivity index (χ0v) is 11.3. The summed E-state index contributed by atoms with van der Waals surface area (Å²) in [7, 11) is -3.51. The average molecular weight is 282 g/mol. The Kier molecular flexibility index (Phi) is 3.68. The minimum absolute atomic E-state index is 0.0671. The molecule has 0 aliphatic carbocycles. The fourth-order valence-electron chi connectivity index (χ4n) is 1.67. The van der Waals surface area contributed by atoms with Gasteiger partial charge in [0.05, 0.1) is 5.25 Å². The quantitative estimate of drug-likeness (QED) is 0.867. The molecule has 1 aromatic heterocycles. The number of rotatable bonds is 3. The van der Waals surface area contributed by atoms with Gasteiger partial charge < -0.3 is 0 Å². The van der Waals surface area contributed by atoms with Crippen LogP contribution in [0, 0.1) is 0 Å². The molecule has 1 aromatic carbocycles. The Morgan fingerprint density at radius 2 is 1.78 bits per heavy atom. The van der Waals surface area contributed by atoms with Gasteiger partial charge in [-0.05, 0) is 30.7 Å². The van der Waals surface area contributed by atoms with Crippen LogP contribution >= 0.6 is 11.6 Å². The van der Waals surface area contributed by atoms with E-state index < -0.39 is 15.1 Å². The number of benzene rings is 1. The number of hydrogen-bond acceptors (Lipinski definition) is 3. The fourth-order valence-corrected chi connectivity index (χ4v) is 3.41. The van der Waals surface area contributed by atoms with Gasteiger partial charge in [-0.2, -0.15) is 0 Å². The molecule has 0 aliphatic rings. The van der Waals surface area contributed by atoms with E-state index in [1.54, 1.807) is 43.3 Å². The van der Waals surface area contributed by atoms with Crippen molar-refractivity contribution in [2.75, 3.05) is 0 Å². The molecule has 0 spiro atoms. The average Bonchev–Trinajstić information content (AvgIpc) is 2.39. The first kappa shape index (κ1) is 13.1. The molecule has 0 fully saturated rings. The van der Waals surface area contributed by atoms with Crippen molar-refractivity contribution in [2.45, 2.75) is 17.2 Å². The predicted molar refractivity (Wildman–Crippen MR) is 71.3 cm³/mol.